The van der Waals surface area contributed by atoms with Crippen LogP contribution in [0.4, 0.5) is 0 Å². The quantitative estimate of drug-likeness (QED) is 0.373. The van der Waals surface area contributed by atoms with Crippen LogP contribution in [-0.2, 0) is 11.3 Å². The molecule has 0 bridgehead atoms. The zero-order chi connectivity index (χ0) is 17.9. The molecular formula is C16H28Cl3N3O4. The third-order valence-electron chi connectivity index (χ3n) is 2.98. The summed E-state index contributed by atoms with van der Waals surface area (Å²) in [5, 5.41) is 15.9. The summed E-state index contributed by atoms with van der Waals surface area (Å²) in [6, 6.07) is 3.58. The number of aliphatic hydroxyl groups is 1. The van der Waals surface area contributed by atoms with E-state index in [0.29, 0.717) is 36.2 Å². The summed E-state index contributed by atoms with van der Waals surface area (Å²) in [7, 11) is 0. The lowest BCUT2D eigenvalue weighted by molar-refractivity contribution is -0.119. The number of nitrogens with two attached hydrogens (primary N) is 1. The molecule has 0 spiro atoms. The molecule has 1 atom stereocenters. The van der Waals surface area contributed by atoms with Gasteiger partial charge in [0.15, 0.2) is 18.1 Å². The van der Waals surface area contributed by atoms with Crippen LogP contribution in [0.3, 0.4) is 0 Å². The van der Waals surface area contributed by atoms with E-state index in [4.69, 9.17) is 31.9 Å². The molecule has 7 nitrogen and oxygen atoms in total. The number of aliphatic hydroxyl groups excluding tert-OH is 1. The Balaban J connectivity index is 0. The number of halogens is 3. The fourth-order valence-corrected chi connectivity index (χ4v) is 2.28. The molecule has 0 aromatic heterocycles. The van der Waals surface area contributed by atoms with Gasteiger partial charge in [0.2, 0.25) is 0 Å². The third-order valence-corrected chi connectivity index (χ3v) is 3.26. The van der Waals surface area contributed by atoms with Crippen molar-refractivity contribution < 1.29 is 19.4 Å². The molecule has 1 aromatic rings. The summed E-state index contributed by atoms with van der Waals surface area (Å²) in [6.45, 7) is 6.44. The van der Waals surface area contributed by atoms with Crippen molar-refractivity contribution in [3.63, 3.8) is 0 Å². The minimum atomic E-state index is -0.580. The van der Waals surface area contributed by atoms with Crippen LogP contribution in [0.1, 0.15) is 19.4 Å². The predicted octanol–water partition coefficient (Wildman–Crippen LogP) is 1.51. The van der Waals surface area contributed by atoms with Crippen LogP contribution in [0.2, 0.25) is 5.02 Å². The highest BCUT2D eigenvalue weighted by Crippen LogP contribution is 2.36. The van der Waals surface area contributed by atoms with E-state index < -0.39 is 5.91 Å². The summed E-state index contributed by atoms with van der Waals surface area (Å²) in [5.41, 5.74) is 6.02. The Bertz CT molecular complexity index is 534. The maximum atomic E-state index is 10.9. The fourth-order valence-electron chi connectivity index (χ4n) is 1.99. The van der Waals surface area contributed by atoms with Gasteiger partial charge in [0.1, 0.15) is 0 Å². The molecule has 1 aromatic carbocycles. The van der Waals surface area contributed by atoms with Crippen molar-refractivity contribution >= 4 is 42.3 Å². The minimum absolute atomic E-state index is 0. The molecular weight excluding hydrogens is 405 g/mol. The SMILES string of the molecule is CCOc1cc(CNCCNCC(C)O)cc(Cl)c1OCC(N)=O.Cl.Cl. The Kier molecular flexibility index (Phi) is 15.9. The first-order chi connectivity index (χ1) is 11.4. The highest BCUT2D eigenvalue weighted by molar-refractivity contribution is 6.32. The normalized spacial score (nSPS) is 11.1. The molecule has 152 valence electrons. The Morgan fingerprint density at radius 1 is 1.27 bits per heavy atom. The molecule has 1 unspecified atom stereocenters. The molecule has 1 rings (SSSR count). The van der Waals surface area contributed by atoms with E-state index in [-0.39, 0.29) is 37.5 Å². The Morgan fingerprint density at radius 3 is 2.50 bits per heavy atom. The maximum absolute atomic E-state index is 10.9. The number of nitrogens with one attached hydrogen (secondary N) is 2. The fraction of sp³-hybridized carbons (Fsp3) is 0.562. The van der Waals surface area contributed by atoms with Crippen LogP contribution in [0, 0.1) is 0 Å². The highest BCUT2D eigenvalue weighted by atomic mass is 35.5. The maximum Gasteiger partial charge on any atom is 0.255 e. The molecule has 0 aliphatic carbocycles. The topological polar surface area (TPSA) is 106 Å². The molecule has 10 heteroatoms. The minimum Gasteiger partial charge on any atom is -0.490 e. The van der Waals surface area contributed by atoms with Crippen molar-refractivity contribution in [1.29, 1.82) is 0 Å². The van der Waals surface area contributed by atoms with Gasteiger partial charge >= 0.3 is 0 Å². The van der Waals surface area contributed by atoms with Crippen LogP contribution in [0.15, 0.2) is 12.1 Å². The lowest BCUT2D eigenvalue weighted by Crippen LogP contribution is -2.31. The number of hydrogen-bond acceptors (Lipinski definition) is 6. The molecule has 0 saturated heterocycles. The number of hydrogen-bond donors (Lipinski definition) is 4. The van der Waals surface area contributed by atoms with Crippen LogP contribution >= 0.6 is 36.4 Å². The van der Waals surface area contributed by atoms with Crippen LogP contribution in [0.25, 0.3) is 0 Å². The van der Waals surface area contributed by atoms with Gasteiger partial charge in [-0.15, -0.1) is 24.8 Å². The lowest BCUT2D eigenvalue weighted by atomic mass is 10.2. The number of primary amides is 1. The third kappa shape index (κ3) is 10.9. The number of amides is 1. The molecule has 1 amide bonds. The lowest BCUT2D eigenvalue weighted by Gasteiger charge is -2.15. The summed E-state index contributed by atoms with van der Waals surface area (Å²) >= 11 is 6.23. The van der Waals surface area contributed by atoms with E-state index in [1.807, 2.05) is 13.0 Å². The Hall–Kier alpha value is -0.960. The largest absolute Gasteiger partial charge is 0.490 e. The van der Waals surface area contributed by atoms with Crippen molar-refractivity contribution in [3.8, 4) is 11.5 Å². The van der Waals surface area contributed by atoms with Gasteiger partial charge < -0.3 is 30.9 Å². The Morgan fingerprint density at radius 2 is 1.92 bits per heavy atom. The van der Waals surface area contributed by atoms with E-state index in [1.165, 1.54) is 0 Å². The van der Waals surface area contributed by atoms with Crippen molar-refractivity contribution in [1.82, 2.24) is 10.6 Å². The molecule has 0 aliphatic heterocycles. The van der Waals surface area contributed by atoms with Gasteiger partial charge in [-0.05, 0) is 31.5 Å². The average molecular weight is 433 g/mol. The van der Waals surface area contributed by atoms with Gasteiger partial charge in [-0.25, -0.2) is 0 Å². The van der Waals surface area contributed by atoms with E-state index >= 15 is 0 Å². The second-order valence-electron chi connectivity index (χ2n) is 5.32. The van der Waals surface area contributed by atoms with Crippen LogP contribution in [0.5, 0.6) is 11.5 Å². The highest BCUT2D eigenvalue weighted by Gasteiger charge is 2.13. The van der Waals surface area contributed by atoms with E-state index in [1.54, 1.807) is 13.0 Å². The zero-order valence-corrected chi connectivity index (χ0v) is 17.3. The number of carbonyl (C=O) groups excluding carboxylic acids is 1. The second kappa shape index (κ2) is 15.1. The molecule has 0 saturated carbocycles. The first kappa shape index (κ1) is 27.3. The summed E-state index contributed by atoms with van der Waals surface area (Å²) in [5.74, 6) is 0.221. The van der Waals surface area contributed by atoms with E-state index in [2.05, 4.69) is 10.6 Å². The van der Waals surface area contributed by atoms with Crippen molar-refractivity contribution in [3.05, 3.63) is 22.7 Å². The molecule has 26 heavy (non-hydrogen) atoms. The van der Waals surface area contributed by atoms with E-state index in [9.17, 15) is 4.79 Å². The van der Waals surface area contributed by atoms with Crippen molar-refractivity contribution in [2.75, 3.05) is 32.8 Å². The number of ether oxygens (including phenoxy) is 2. The molecule has 5 N–H and O–H groups in total. The number of rotatable bonds is 12. The standard InChI is InChI=1S/C16H26ClN3O4.2ClH/c1-3-23-14-7-12(9-20-5-4-19-8-11(2)21)6-13(17)16(14)24-10-15(18)22;;/h6-7,11,19-21H,3-5,8-10H2,1-2H3,(H2,18,22);2*1H. The number of carbonyl (C=O) groups is 1. The van der Waals surface area contributed by atoms with Gasteiger partial charge in [0.25, 0.3) is 5.91 Å². The molecule has 0 heterocycles. The molecule has 0 radical (unpaired) electrons. The summed E-state index contributed by atoms with van der Waals surface area (Å²) in [6.07, 6.45) is -0.356. The predicted molar refractivity (Wildman–Crippen MR) is 108 cm³/mol. The molecule has 0 aliphatic rings. The van der Waals surface area contributed by atoms with Gasteiger partial charge in [0, 0.05) is 26.2 Å². The summed E-state index contributed by atoms with van der Waals surface area (Å²) in [4.78, 5) is 10.9. The Labute approximate surface area is 171 Å². The first-order valence-corrected chi connectivity index (χ1v) is 8.27. The first-order valence-electron chi connectivity index (χ1n) is 7.89. The van der Waals surface area contributed by atoms with Gasteiger partial charge in [-0.2, -0.15) is 0 Å². The molecule has 0 fully saturated rings. The monoisotopic (exact) mass is 431 g/mol. The van der Waals surface area contributed by atoms with Crippen LogP contribution < -0.4 is 25.8 Å². The van der Waals surface area contributed by atoms with Gasteiger partial charge in [-0.1, -0.05) is 11.6 Å². The zero-order valence-electron chi connectivity index (χ0n) is 14.9. The van der Waals surface area contributed by atoms with Gasteiger partial charge in [-0.3, -0.25) is 4.79 Å². The smallest absolute Gasteiger partial charge is 0.255 e. The van der Waals surface area contributed by atoms with Crippen molar-refractivity contribution in [2.24, 2.45) is 5.73 Å². The van der Waals surface area contributed by atoms with Crippen LogP contribution in [-0.4, -0.2) is 50.0 Å². The average Bonchev–Trinajstić information content (AvgIpc) is 2.49. The second-order valence-corrected chi connectivity index (χ2v) is 5.73. The number of benzene rings is 1. The van der Waals surface area contributed by atoms with E-state index in [0.717, 1.165) is 18.7 Å². The van der Waals surface area contributed by atoms with Crippen molar-refractivity contribution in [2.45, 2.75) is 26.5 Å². The summed E-state index contributed by atoms with van der Waals surface area (Å²) < 4.78 is 10.9. The van der Waals surface area contributed by atoms with Gasteiger partial charge in [0.05, 0.1) is 17.7 Å².